The third-order valence-electron chi connectivity index (χ3n) is 2.55. The van der Waals surface area contributed by atoms with Gasteiger partial charge in [0, 0.05) is 6.20 Å². The van der Waals surface area contributed by atoms with Gasteiger partial charge in [-0.1, -0.05) is 17.7 Å². The van der Waals surface area contributed by atoms with E-state index < -0.39 is 11.8 Å². The van der Waals surface area contributed by atoms with Gasteiger partial charge < -0.3 is 9.47 Å². The Morgan fingerprint density at radius 3 is 2.60 bits per heavy atom. The van der Waals surface area contributed by atoms with Crippen molar-refractivity contribution in [2.75, 3.05) is 6.61 Å². The number of rotatable bonds is 4. The molecule has 0 aliphatic rings. The van der Waals surface area contributed by atoms with Gasteiger partial charge in [-0.2, -0.15) is 0 Å². The molecule has 1 aromatic heterocycles. The maximum atomic E-state index is 13.8. The number of carbonyl (C=O) groups is 1. The van der Waals surface area contributed by atoms with E-state index in [1.165, 1.54) is 6.20 Å². The minimum absolute atomic E-state index is 0.0561. The van der Waals surface area contributed by atoms with E-state index in [1.807, 2.05) is 19.1 Å². The Morgan fingerprint density at radius 2 is 2.00 bits per heavy atom. The van der Waals surface area contributed by atoms with Crippen molar-refractivity contribution in [3.63, 3.8) is 0 Å². The van der Waals surface area contributed by atoms with Crippen molar-refractivity contribution in [1.82, 2.24) is 4.98 Å². The summed E-state index contributed by atoms with van der Waals surface area (Å²) in [5, 5.41) is 0. The van der Waals surface area contributed by atoms with Crippen molar-refractivity contribution in [3.8, 4) is 11.6 Å². The summed E-state index contributed by atoms with van der Waals surface area (Å²) in [6, 6.07) is 8.18. The first kappa shape index (κ1) is 14.0. The lowest BCUT2D eigenvalue weighted by molar-refractivity contribution is 0.0525. The van der Waals surface area contributed by atoms with Crippen LogP contribution in [0.1, 0.15) is 22.8 Å². The highest BCUT2D eigenvalue weighted by atomic mass is 19.1. The second kappa shape index (κ2) is 6.14. The van der Waals surface area contributed by atoms with Crippen molar-refractivity contribution in [2.24, 2.45) is 0 Å². The van der Waals surface area contributed by atoms with Gasteiger partial charge in [0.25, 0.3) is 5.88 Å². The molecule has 20 heavy (non-hydrogen) atoms. The van der Waals surface area contributed by atoms with Crippen LogP contribution in [0.2, 0.25) is 0 Å². The molecular weight excluding hydrogens is 261 g/mol. The van der Waals surface area contributed by atoms with Crippen LogP contribution in [0.3, 0.4) is 0 Å². The van der Waals surface area contributed by atoms with Crippen LogP contribution in [0, 0.1) is 12.7 Å². The quantitative estimate of drug-likeness (QED) is 0.801. The summed E-state index contributed by atoms with van der Waals surface area (Å²) < 4.78 is 23.9. The van der Waals surface area contributed by atoms with Gasteiger partial charge in [-0.3, -0.25) is 0 Å². The van der Waals surface area contributed by atoms with Crippen molar-refractivity contribution >= 4 is 5.97 Å². The summed E-state index contributed by atoms with van der Waals surface area (Å²) in [7, 11) is 0. The van der Waals surface area contributed by atoms with Gasteiger partial charge in [0.05, 0.1) is 12.2 Å². The monoisotopic (exact) mass is 275 g/mol. The zero-order chi connectivity index (χ0) is 14.5. The van der Waals surface area contributed by atoms with E-state index in [0.717, 1.165) is 11.6 Å². The molecule has 0 aliphatic carbocycles. The van der Waals surface area contributed by atoms with Gasteiger partial charge in [0.15, 0.2) is 5.82 Å². The Morgan fingerprint density at radius 1 is 1.30 bits per heavy atom. The third kappa shape index (κ3) is 3.32. The van der Waals surface area contributed by atoms with Crippen LogP contribution in [0.15, 0.2) is 36.5 Å². The van der Waals surface area contributed by atoms with E-state index in [0.29, 0.717) is 5.75 Å². The molecule has 1 heterocycles. The molecule has 0 N–H and O–H groups in total. The fraction of sp³-hybridized carbons (Fsp3) is 0.200. The predicted octanol–water partition coefficient (Wildman–Crippen LogP) is 3.50. The molecule has 0 atom stereocenters. The van der Waals surface area contributed by atoms with Gasteiger partial charge in [-0.25, -0.2) is 14.2 Å². The number of esters is 1. The lowest BCUT2D eigenvalue weighted by Crippen LogP contribution is -2.06. The predicted molar refractivity (Wildman–Crippen MR) is 71.4 cm³/mol. The molecule has 0 aliphatic heterocycles. The molecule has 4 nitrogen and oxygen atoms in total. The van der Waals surface area contributed by atoms with E-state index in [-0.39, 0.29) is 18.1 Å². The average molecular weight is 275 g/mol. The van der Waals surface area contributed by atoms with E-state index in [2.05, 4.69) is 4.98 Å². The molecule has 0 fully saturated rings. The summed E-state index contributed by atoms with van der Waals surface area (Å²) in [6.07, 6.45) is 1.23. The Balaban J connectivity index is 2.17. The fourth-order valence-corrected chi connectivity index (χ4v) is 1.54. The van der Waals surface area contributed by atoms with Crippen LogP contribution < -0.4 is 4.74 Å². The Kier molecular flexibility index (Phi) is 4.30. The molecule has 0 radical (unpaired) electrons. The molecule has 5 heteroatoms. The highest BCUT2D eigenvalue weighted by Gasteiger charge is 2.13. The number of ether oxygens (including phenoxy) is 2. The minimum atomic E-state index is -0.712. The van der Waals surface area contributed by atoms with E-state index >= 15 is 0 Å². The molecule has 0 saturated heterocycles. The number of benzene rings is 1. The topological polar surface area (TPSA) is 48.4 Å². The smallest absolute Gasteiger partial charge is 0.339 e. The summed E-state index contributed by atoms with van der Waals surface area (Å²) in [4.78, 5) is 15.2. The standard InChI is InChI=1S/C15H14FNO3/c1-3-19-15(18)11-8-13(16)14(17-9-11)20-12-6-4-10(2)5-7-12/h4-9H,3H2,1-2H3. The molecule has 1 aromatic carbocycles. The number of carbonyl (C=O) groups excluding carboxylic acids is 1. The highest BCUT2D eigenvalue weighted by molar-refractivity contribution is 5.89. The summed E-state index contributed by atoms with van der Waals surface area (Å²) in [5.74, 6) is -1.02. The molecule has 0 unspecified atom stereocenters. The van der Waals surface area contributed by atoms with E-state index in [1.54, 1.807) is 19.1 Å². The zero-order valence-electron chi connectivity index (χ0n) is 11.2. The minimum Gasteiger partial charge on any atom is -0.462 e. The van der Waals surface area contributed by atoms with Gasteiger partial charge in [-0.15, -0.1) is 0 Å². The van der Waals surface area contributed by atoms with Crippen LogP contribution in [0.25, 0.3) is 0 Å². The van der Waals surface area contributed by atoms with Crippen LogP contribution in [-0.2, 0) is 4.74 Å². The maximum Gasteiger partial charge on any atom is 0.339 e. The second-order valence-corrected chi connectivity index (χ2v) is 4.15. The SMILES string of the molecule is CCOC(=O)c1cnc(Oc2ccc(C)cc2)c(F)c1. The molecule has 0 saturated carbocycles. The number of halogens is 1. The summed E-state index contributed by atoms with van der Waals surface area (Å²) in [5.41, 5.74) is 1.13. The van der Waals surface area contributed by atoms with Crippen LogP contribution in [-0.4, -0.2) is 17.6 Å². The molecule has 2 aromatic rings. The molecule has 0 amide bonds. The number of hydrogen-bond donors (Lipinski definition) is 0. The summed E-state index contributed by atoms with van der Waals surface area (Å²) in [6.45, 7) is 3.84. The molecular formula is C15H14FNO3. The Hall–Kier alpha value is -2.43. The number of nitrogens with zero attached hydrogens (tertiary/aromatic N) is 1. The van der Waals surface area contributed by atoms with Crippen molar-refractivity contribution in [2.45, 2.75) is 13.8 Å². The molecule has 0 bridgehead atoms. The first-order valence-corrected chi connectivity index (χ1v) is 6.17. The lowest BCUT2D eigenvalue weighted by Gasteiger charge is -2.07. The second-order valence-electron chi connectivity index (χ2n) is 4.15. The largest absolute Gasteiger partial charge is 0.462 e. The molecule has 2 rings (SSSR count). The van der Waals surface area contributed by atoms with Crippen LogP contribution in [0.4, 0.5) is 4.39 Å². The summed E-state index contributed by atoms with van der Waals surface area (Å²) >= 11 is 0. The Bertz CT molecular complexity index is 611. The van der Waals surface area contributed by atoms with Gasteiger partial charge in [0.1, 0.15) is 5.75 Å². The number of pyridine rings is 1. The zero-order valence-corrected chi connectivity index (χ0v) is 11.2. The Labute approximate surface area is 116 Å². The first-order chi connectivity index (χ1) is 9.60. The molecule has 0 spiro atoms. The van der Waals surface area contributed by atoms with Crippen LogP contribution >= 0.6 is 0 Å². The number of aryl methyl sites for hydroxylation is 1. The third-order valence-corrected chi connectivity index (χ3v) is 2.55. The molecule has 104 valence electrons. The van der Waals surface area contributed by atoms with Gasteiger partial charge in [0.2, 0.25) is 0 Å². The average Bonchev–Trinajstić information content (AvgIpc) is 2.43. The van der Waals surface area contributed by atoms with Crippen molar-refractivity contribution in [1.29, 1.82) is 0 Å². The van der Waals surface area contributed by atoms with E-state index in [4.69, 9.17) is 9.47 Å². The number of hydrogen-bond acceptors (Lipinski definition) is 4. The highest BCUT2D eigenvalue weighted by Crippen LogP contribution is 2.23. The van der Waals surface area contributed by atoms with Crippen LogP contribution in [0.5, 0.6) is 11.6 Å². The lowest BCUT2D eigenvalue weighted by atomic mass is 10.2. The first-order valence-electron chi connectivity index (χ1n) is 6.17. The van der Waals surface area contributed by atoms with Crippen molar-refractivity contribution < 1.29 is 18.7 Å². The van der Waals surface area contributed by atoms with Crippen molar-refractivity contribution in [3.05, 3.63) is 53.5 Å². The fourth-order valence-electron chi connectivity index (χ4n) is 1.54. The van der Waals surface area contributed by atoms with Gasteiger partial charge >= 0.3 is 5.97 Å². The number of aromatic nitrogens is 1. The van der Waals surface area contributed by atoms with E-state index in [9.17, 15) is 9.18 Å². The van der Waals surface area contributed by atoms with Gasteiger partial charge in [-0.05, 0) is 32.0 Å². The maximum absolute atomic E-state index is 13.8. The normalized spacial score (nSPS) is 10.2.